The van der Waals surface area contributed by atoms with Crippen LogP contribution in [-0.4, -0.2) is 53.3 Å². The Morgan fingerprint density at radius 3 is 2.68 bits per heavy atom. The van der Waals surface area contributed by atoms with Gasteiger partial charge in [0.05, 0.1) is 21.8 Å². The van der Waals surface area contributed by atoms with E-state index in [1.165, 1.54) is 0 Å². The average Bonchev–Trinajstić information content (AvgIpc) is 3.21. The minimum absolute atomic E-state index is 0.0673. The van der Waals surface area contributed by atoms with Crippen molar-refractivity contribution in [3.05, 3.63) is 45.7 Å². The van der Waals surface area contributed by atoms with Crippen LogP contribution in [0.15, 0.2) is 24.4 Å². The number of nitrogens with zero attached hydrogens (tertiary/aromatic N) is 2. The number of carbonyl (C=O) groups excluding carboxylic acids is 1. The Morgan fingerprint density at radius 1 is 1.32 bits per heavy atom. The molecule has 2 heterocycles. The lowest BCUT2D eigenvalue weighted by atomic mass is 10.0. The van der Waals surface area contributed by atoms with Crippen LogP contribution in [0.5, 0.6) is 5.75 Å². The molecule has 1 aliphatic heterocycles. The topological polar surface area (TPSA) is 70.2 Å². The van der Waals surface area contributed by atoms with Crippen molar-refractivity contribution in [3.8, 4) is 5.75 Å². The van der Waals surface area contributed by atoms with E-state index in [2.05, 4.69) is 15.3 Å². The molecule has 1 aromatic heterocycles. The van der Waals surface area contributed by atoms with E-state index in [9.17, 15) is 18.0 Å². The minimum Gasteiger partial charge on any atom is -0.490 e. The van der Waals surface area contributed by atoms with Crippen LogP contribution in [-0.2, 0) is 6.18 Å². The van der Waals surface area contributed by atoms with Gasteiger partial charge in [-0.05, 0) is 30.9 Å². The van der Waals surface area contributed by atoms with E-state index < -0.39 is 23.3 Å². The third-order valence-corrected chi connectivity index (χ3v) is 5.82. The Hall–Kier alpha value is -1.97. The van der Waals surface area contributed by atoms with Crippen molar-refractivity contribution in [3.63, 3.8) is 0 Å². The molecule has 1 amide bonds. The molecule has 2 N–H and O–H groups in total. The van der Waals surface area contributed by atoms with Crippen molar-refractivity contribution in [2.24, 2.45) is 5.92 Å². The highest BCUT2D eigenvalue weighted by Gasteiger charge is 2.37. The summed E-state index contributed by atoms with van der Waals surface area (Å²) in [4.78, 5) is 14.4. The Labute approximate surface area is 188 Å². The Morgan fingerprint density at radius 2 is 2.03 bits per heavy atom. The smallest absolute Gasteiger partial charge is 0.433 e. The largest absolute Gasteiger partial charge is 0.490 e. The molecule has 1 aliphatic rings. The maximum Gasteiger partial charge on any atom is 0.433 e. The number of piperidine rings is 1. The van der Waals surface area contributed by atoms with Crippen molar-refractivity contribution in [1.82, 2.24) is 20.4 Å². The summed E-state index contributed by atoms with van der Waals surface area (Å²) in [5.41, 5.74) is -1.64. The quantitative estimate of drug-likeness (QED) is 0.607. The molecule has 1 saturated heterocycles. The van der Waals surface area contributed by atoms with Gasteiger partial charge in [0, 0.05) is 32.2 Å². The van der Waals surface area contributed by atoms with E-state index in [0.29, 0.717) is 15.8 Å². The average molecular weight is 479 g/mol. The number of hydrogen-bond donors (Lipinski definition) is 2. The van der Waals surface area contributed by atoms with E-state index in [0.717, 1.165) is 38.7 Å². The molecule has 6 nitrogen and oxygen atoms in total. The van der Waals surface area contributed by atoms with Gasteiger partial charge in [0.15, 0.2) is 5.69 Å². The predicted molar refractivity (Wildman–Crippen MR) is 112 cm³/mol. The van der Waals surface area contributed by atoms with Crippen molar-refractivity contribution in [2.75, 3.05) is 26.2 Å². The van der Waals surface area contributed by atoms with Gasteiger partial charge in [-0.3, -0.25) is 9.89 Å². The first-order valence-corrected chi connectivity index (χ1v) is 10.6. The second-order valence-electron chi connectivity index (χ2n) is 7.67. The first-order chi connectivity index (χ1) is 14.6. The fraction of sp³-hybridized carbons (Fsp3) is 0.500. The van der Waals surface area contributed by atoms with Gasteiger partial charge in [-0.2, -0.15) is 18.3 Å². The zero-order chi connectivity index (χ0) is 22.6. The third-order valence-electron chi connectivity index (χ3n) is 5.08. The number of carbonyl (C=O) groups is 1. The van der Waals surface area contributed by atoms with Crippen LogP contribution >= 0.6 is 23.2 Å². The highest BCUT2D eigenvalue weighted by atomic mass is 35.5. The number of benzene rings is 1. The fourth-order valence-electron chi connectivity index (χ4n) is 3.49. The minimum atomic E-state index is -4.65. The molecule has 0 aliphatic carbocycles. The number of rotatable bonds is 7. The number of ether oxygens (including phenoxy) is 1. The van der Waals surface area contributed by atoms with Crippen LogP contribution in [0.3, 0.4) is 0 Å². The molecule has 170 valence electrons. The van der Waals surface area contributed by atoms with Crippen LogP contribution in [0.2, 0.25) is 10.0 Å². The molecule has 1 atom stereocenters. The maximum atomic E-state index is 12.9. The van der Waals surface area contributed by atoms with Gasteiger partial charge < -0.3 is 15.0 Å². The summed E-state index contributed by atoms with van der Waals surface area (Å²) in [5.74, 6) is -0.0409. The number of halogens is 5. The third kappa shape index (κ3) is 6.51. The second-order valence-corrected chi connectivity index (χ2v) is 8.48. The fourth-order valence-corrected chi connectivity index (χ4v) is 3.78. The van der Waals surface area contributed by atoms with Crippen molar-refractivity contribution in [2.45, 2.75) is 32.0 Å². The second kappa shape index (κ2) is 10.1. The maximum absolute atomic E-state index is 12.9. The van der Waals surface area contributed by atoms with Gasteiger partial charge >= 0.3 is 6.18 Å². The lowest BCUT2D eigenvalue weighted by Gasteiger charge is -2.33. The molecule has 0 unspecified atom stereocenters. The lowest BCUT2D eigenvalue weighted by molar-refractivity contribution is -0.141. The number of aromatic amines is 1. The van der Waals surface area contributed by atoms with Gasteiger partial charge in [0.2, 0.25) is 0 Å². The Kier molecular flexibility index (Phi) is 7.72. The molecule has 11 heteroatoms. The first-order valence-electron chi connectivity index (χ1n) is 9.86. The molecule has 0 radical (unpaired) electrons. The summed E-state index contributed by atoms with van der Waals surface area (Å²) >= 11 is 11.9. The number of hydrogen-bond acceptors (Lipinski definition) is 4. The predicted octanol–water partition coefficient (Wildman–Crippen LogP) is 4.64. The van der Waals surface area contributed by atoms with E-state index >= 15 is 0 Å². The first kappa shape index (κ1) is 23.7. The van der Waals surface area contributed by atoms with Crippen LogP contribution in [0.25, 0.3) is 0 Å². The van der Waals surface area contributed by atoms with E-state index in [1.807, 2.05) is 12.0 Å². The molecule has 1 aromatic carbocycles. The molecule has 3 rings (SSSR count). The molecular weight excluding hydrogens is 456 g/mol. The summed E-state index contributed by atoms with van der Waals surface area (Å²) in [6.07, 6.45) is -2.02. The van der Waals surface area contributed by atoms with Gasteiger partial charge in [-0.1, -0.05) is 30.1 Å². The summed E-state index contributed by atoms with van der Waals surface area (Å²) in [6.45, 7) is 4.57. The van der Waals surface area contributed by atoms with E-state index in [1.54, 1.807) is 18.2 Å². The van der Waals surface area contributed by atoms with Gasteiger partial charge in [0.25, 0.3) is 5.91 Å². The highest BCUT2D eigenvalue weighted by Crippen LogP contribution is 2.30. The molecule has 0 bridgehead atoms. The summed E-state index contributed by atoms with van der Waals surface area (Å²) < 4.78 is 44.6. The summed E-state index contributed by atoms with van der Waals surface area (Å²) in [5, 5.41) is 8.67. The number of likely N-dealkylation sites (tertiary alicyclic amines) is 1. The number of alkyl halides is 3. The van der Waals surface area contributed by atoms with E-state index in [4.69, 9.17) is 27.9 Å². The molecule has 1 fully saturated rings. The van der Waals surface area contributed by atoms with Gasteiger partial charge in [0.1, 0.15) is 11.9 Å². The standard InChI is InChI=1S/C20H23Cl2F3N4O2/c1-12(9-26-19(30)15-10-27-28-18(15)20(23,24)25)11-29-6-4-13(5-7-29)31-14-2-3-16(21)17(22)8-14/h2-3,8,10,12-13H,4-7,9,11H2,1H3,(H,26,30)(H,27,28)/t12-/m1/s1. The van der Waals surface area contributed by atoms with Gasteiger partial charge in [-0.15, -0.1) is 0 Å². The Balaban J connectivity index is 1.41. The highest BCUT2D eigenvalue weighted by molar-refractivity contribution is 6.42. The molecule has 31 heavy (non-hydrogen) atoms. The molecule has 2 aromatic rings. The van der Waals surface area contributed by atoms with Crippen LogP contribution in [0.4, 0.5) is 13.2 Å². The molecular formula is C20H23Cl2F3N4O2. The monoisotopic (exact) mass is 478 g/mol. The van der Waals surface area contributed by atoms with Crippen LogP contribution < -0.4 is 10.1 Å². The van der Waals surface area contributed by atoms with E-state index in [-0.39, 0.29) is 18.6 Å². The molecule has 0 saturated carbocycles. The number of H-pyrrole nitrogens is 1. The molecule has 0 spiro atoms. The van der Waals surface area contributed by atoms with Crippen molar-refractivity contribution >= 4 is 29.1 Å². The summed E-state index contributed by atoms with van der Waals surface area (Å²) in [6, 6.07) is 5.19. The zero-order valence-electron chi connectivity index (χ0n) is 16.8. The normalized spacial score (nSPS) is 16.8. The van der Waals surface area contributed by atoms with Crippen molar-refractivity contribution < 1.29 is 22.7 Å². The number of nitrogens with one attached hydrogen (secondary N) is 2. The van der Waals surface area contributed by atoms with Crippen molar-refractivity contribution in [1.29, 1.82) is 0 Å². The Bertz CT molecular complexity index is 899. The SMILES string of the molecule is C[C@H](CNC(=O)c1cn[nH]c1C(F)(F)F)CN1CCC(Oc2ccc(Cl)c(Cl)c2)CC1. The number of amides is 1. The van der Waals surface area contributed by atoms with Crippen LogP contribution in [0, 0.1) is 5.92 Å². The van der Waals surface area contributed by atoms with Crippen LogP contribution in [0.1, 0.15) is 35.8 Å². The lowest BCUT2D eigenvalue weighted by Crippen LogP contribution is -2.42. The number of aromatic nitrogens is 2. The summed E-state index contributed by atoms with van der Waals surface area (Å²) in [7, 11) is 0. The zero-order valence-corrected chi connectivity index (χ0v) is 18.3. The van der Waals surface area contributed by atoms with Gasteiger partial charge in [-0.25, -0.2) is 0 Å².